The van der Waals surface area contributed by atoms with Crippen molar-refractivity contribution in [3.05, 3.63) is 59.7 Å². The first kappa shape index (κ1) is 17.9. The molecule has 1 aliphatic heterocycles. The molecule has 0 aromatic heterocycles. The molecule has 2 aromatic rings. The van der Waals surface area contributed by atoms with Crippen LogP contribution in [-0.2, 0) is 9.53 Å². The summed E-state index contributed by atoms with van der Waals surface area (Å²) in [7, 11) is 0. The second kappa shape index (κ2) is 9.01. The Kier molecular flexibility index (Phi) is 6.22. The summed E-state index contributed by atoms with van der Waals surface area (Å²) in [5.74, 6) is 0.371. The van der Waals surface area contributed by atoms with Gasteiger partial charge in [-0.05, 0) is 42.3 Å². The zero-order valence-electron chi connectivity index (χ0n) is 14.9. The lowest BCUT2D eigenvalue weighted by Gasteiger charge is -2.28. The van der Waals surface area contributed by atoms with Crippen molar-refractivity contribution < 1.29 is 14.3 Å². The second-order valence-electron chi connectivity index (χ2n) is 6.09. The van der Waals surface area contributed by atoms with Crippen LogP contribution in [0.4, 0.5) is 5.69 Å². The van der Waals surface area contributed by atoms with Crippen molar-refractivity contribution in [2.45, 2.75) is 6.92 Å². The molecule has 1 saturated heterocycles. The van der Waals surface area contributed by atoms with E-state index in [1.165, 1.54) is 5.69 Å². The lowest BCUT2D eigenvalue weighted by molar-refractivity contribution is -0.123. The molecule has 0 radical (unpaired) electrons. The van der Waals surface area contributed by atoms with E-state index in [9.17, 15) is 4.79 Å². The highest BCUT2D eigenvalue weighted by molar-refractivity contribution is 5.83. The summed E-state index contributed by atoms with van der Waals surface area (Å²) in [6, 6.07) is 15.6. The van der Waals surface area contributed by atoms with Gasteiger partial charge >= 0.3 is 0 Å². The Balaban J connectivity index is 1.44. The number of hydrogen-bond acceptors (Lipinski definition) is 5. The number of benzene rings is 2. The van der Waals surface area contributed by atoms with Crippen molar-refractivity contribution in [3.8, 4) is 5.75 Å². The molecule has 26 heavy (non-hydrogen) atoms. The number of anilines is 1. The van der Waals surface area contributed by atoms with Crippen LogP contribution in [0.25, 0.3) is 0 Å². The minimum absolute atomic E-state index is 0.0727. The number of rotatable bonds is 6. The van der Waals surface area contributed by atoms with Gasteiger partial charge < -0.3 is 14.4 Å². The minimum Gasteiger partial charge on any atom is -0.484 e. The number of hydrogen-bond donors (Lipinski definition) is 1. The van der Waals surface area contributed by atoms with Crippen LogP contribution in [0.1, 0.15) is 11.1 Å². The summed E-state index contributed by atoms with van der Waals surface area (Å²) in [6.07, 6.45) is 1.62. The molecule has 1 aliphatic rings. The van der Waals surface area contributed by atoms with Gasteiger partial charge in [-0.25, -0.2) is 5.43 Å². The molecule has 0 unspecified atom stereocenters. The van der Waals surface area contributed by atoms with Gasteiger partial charge in [-0.15, -0.1) is 0 Å². The summed E-state index contributed by atoms with van der Waals surface area (Å²) in [5.41, 5.74) is 5.64. The van der Waals surface area contributed by atoms with Crippen molar-refractivity contribution in [1.29, 1.82) is 0 Å². The smallest absolute Gasteiger partial charge is 0.277 e. The van der Waals surface area contributed by atoms with Gasteiger partial charge in [-0.1, -0.05) is 24.3 Å². The molecular weight excluding hydrogens is 330 g/mol. The normalized spacial score (nSPS) is 14.4. The van der Waals surface area contributed by atoms with Gasteiger partial charge in [0.2, 0.25) is 0 Å². The highest BCUT2D eigenvalue weighted by Gasteiger charge is 2.10. The van der Waals surface area contributed by atoms with Gasteiger partial charge in [0.25, 0.3) is 5.91 Å². The zero-order chi connectivity index (χ0) is 18.2. The standard InChI is InChI=1S/C20H23N3O3/c1-16-3-2-4-19(13-16)26-15-20(24)22-21-14-17-5-7-18(8-6-17)23-9-11-25-12-10-23/h2-8,13-14H,9-12,15H2,1H3,(H,22,24)/b21-14-. The number of carbonyl (C=O) groups is 1. The summed E-state index contributed by atoms with van der Waals surface area (Å²) < 4.78 is 10.8. The number of carbonyl (C=O) groups excluding carboxylic acids is 1. The lowest BCUT2D eigenvalue weighted by atomic mass is 10.2. The van der Waals surface area contributed by atoms with Crippen LogP contribution >= 0.6 is 0 Å². The summed E-state index contributed by atoms with van der Waals surface area (Å²) in [6.45, 7) is 5.24. The third-order valence-electron chi connectivity index (χ3n) is 4.03. The SMILES string of the molecule is Cc1cccc(OCC(=O)N/N=C\c2ccc(N3CCOCC3)cc2)c1. The maximum absolute atomic E-state index is 11.8. The molecule has 0 spiro atoms. The molecule has 0 saturated carbocycles. The number of nitrogens with zero attached hydrogens (tertiary/aromatic N) is 2. The van der Waals surface area contributed by atoms with Crippen molar-refractivity contribution >= 4 is 17.8 Å². The topological polar surface area (TPSA) is 63.2 Å². The molecule has 1 heterocycles. The van der Waals surface area contributed by atoms with Gasteiger partial charge in [0.05, 0.1) is 19.4 Å². The second-order valence-corrected chi connectivity index (χ2v) is 6.09. The monoisotopic (exact) mass is 353 g/mol. The van der Waals surface area contributed by atoms with E-state index in [-0.39, 0.29) is 12.5 Å². The Hall–Kier alpha value is -2.86. The number of aryl methyl sites for hydroxylation is 1. The molecule has 1 N–H and O–H groups in total. The van der Waals surface area contributed by atoms with Crippen molar-refractivity contribution in [2.24, 2.45) is 5.10 Å². The summed E-state index contributed by atoms with van der Waals surface area (Å²) in [5, 5.41) is 3.98. The lowest BCUT2D eigenvalue weighted by Crippen LogP contribution is -2.36. The van der Waals surface area contributed by atoms with Crippen LogP contribution < -0.4 is 15.1 Å². The first-order chi connectivity index (χ1) is 12.7. The predicted molar refractivity (Wildman–Crippen MR) is 102 cm³/mol. The molecule has 2 aromatic carbocycles. The minimum atomic E-state index is -0.298. The van der Waals surface area contributed by atoms with Gasteiger partial charge in [-0.2, -0.15) is 5.10 Å². The Bertz CT molecular complexity index is 753. The van der Waals surface area contributed by atoms with E-state index in [4.69, 9.17) is 9.47 Å². The van der Waals surface area contributed by atoms with Gasteiger partial charge in [0.15, 0.2) is 6.61 Å². The van der Waals surface area contributed by atoms with Crippen LogP contribution in [0.5, 0.6) is 5.75 Å². The Morgan fingerprint density at radius 3 is 2.73 bits per heavy atom. The average molecular weight is 353 g/mol. The van der Waals surface area contributed by atoms with Gasteiger partial charge in [-0.3, -0.25) is 4.79 Å². The third kappa shape index (κ3) is 5.32. The zero-order valence-corrected chi connectivity index (χ0v) is 14.9. The van der Waals surface area contributed by atoms with E-state index in [1.54, 1.807) is 6.21 Å². The number of hydrazone groups is 1. The highest BCUT2D eigenvalue weighted by Crippen LogP contribution is 2.16. The molecule has 136 valence electrons. The number of ether oxygens (including phenoxy) is 2. The summed E-state index contributed by atoms with van der Waals surface area (Å²) in [4.78, 5) is 14.1. The molecule has 0 atom stereocenters. The molecule has 6 heteroatoms. The van der Waals surface area contributed by atoms with Crippen LogP contribution in [0.15, 0.2) is 53.6 Å². The molecule has 3 rings (SSSR count). The van der Waals surface area contributed by atoms with E-state index in [0.717, 1.165) is 37.4 Å². The van der Waals surface area contributed by atoms with Crippen molar-refractivity contribution in [1.82, 2.24) is 5.43 Å². The molecule has 6 nitrogen and oxygen atoms in total. The molecule has 1 fully saturated rings. The van der Waals surface area contributed by atoms with Crippen LogP contribution in [0.2, 0.25) is 0 Å². The largest absolute Gasteiger partial charge is 0.484 e. The van der Waals surface area contributed by atoms with Crippen LogP contribution in [0, 0.1) is 6.92 Å². The molecule has 1 amide bonds. The van der Waals surface area contributed by atoms with Crippen LogP contribution in [0.3, 0.4) is 0 Å². The van der Waals surface area contributed by atoms with Crippen molar-refractivity contribution in [2.75, 3.05) is 37.8 Å². The van der Waals surface area contributed by atoms with E-state index in [2.05, 4.69) is 27.6 Å². The Morgan fingerprint density at radius 1 is 1.23 bits per heavy atom. The Morgan fingerprint density at radius 2 is 2.00 bits per heavy atom. The quantitative estimate of drug-likeness (QED) is 0.640. The third-order valence-corrected chi connectivity index (χ3v) is 4.03. The average Bonchev–Trinajstić information content (AvgIpc) is 2.68. The van der Waals surface area contributed by atoms with Crippen LogP contribution in [-0.4, -0.2) is 45.0 Å². The fraction of sp³-hybridized carbons (Fsp3) is 0.300. The van der Waals surface area contributed by atoms with E-state index in [0.29, 0.717) is 5.75 Å². The van der Waals surface area contributed by atoms with Crippen molar-refractivity contribution in [3.63, 3.8) is 0 Å². The van der Waals surface area contributed by atoms with Gasteiger partial charge in [0, 0.05) is 18.8 Å². The van der Waals surface area contributed by atoms with E-state index >= 15 is 0 Å². The first-order valence-electron chi connectivity index (χ1n) is 8.65. The van der Waals surface area contributed by atoms with E-state index in [1.807, 2.05) is 43.3 Å². The molecule has 0 bridgehead atoms. The van der Waals surface area contributed by atoms with Gasteiger partial charge in [0.1, 0.15) is 5.75 Å². The number of amides is 1. The Labute approximate surface area is 153 Å². The number of morpholine rings is 1. The highest BCUT2D eigenvalue weighted by atomic mass is 16.5. The fourth-order valence-electron chi connectivity index (χ4n) is 2.66. The molecule has 0 aliphatic carbocycles. The number of nitrogens with one attached hydrogen (secondary N) is 1. The maximum Gasteiger partial charge on any atom is 0.277 e. The van der Waals surface area contributed by atoms with E-state index < -0.39 is 0 Å². The predicted octanol–water partition coefficient (Wildman–Crippen LogP) is 2.36. The fourth-order valence-corrected chi connectivity index (χ4v) is 2.66. The molecular formula is C20H23N3O3. The summed E-state index contributed by atoms with van der Waals surface area (Å²) >= 11 is 0. The first-order valence-corrected chi connectivity index (χ1v) is 8.65. The maximum atomic E-state index is 11.8.